The highest BCUT2D eigenvalue weighted by Gasteiger charge is 2.57. The van der Waals surface area contributed by atoms with Crippen molar-refractivity contribution in [3.05, 3.63) is 48.3 Å². The molecule has 1 spiro atoms. The van der Waals surface area contributed by atoms with Crippen LogP contribution in [0.5, 0.6) is 0 Å². The Morgan fingerprint density at radius 1 is 1.31 bits per heavy atom. The number of nitrogens with zero attached hydrogens (tertiary/aromatic N) is 4. The van der Waals surface area contributed by atoms with Gasteiger partial charge in [-0.15, -0.1) is 0 Å². The number of nitrogens with one attached hydrogen (secondary N) is 1. The molecule has 26 heavy (non-hydrogen) atoms. The van der Waals surface area contributed by atoms with Crippen molar-refractivity contribution in [2.75, 3.05) is 13.1 Å². The zero-order chi connectivity index (χ0) is 18.0. The number of amides is 1. The third kappa shape index (κ3) is 3.51. The number of carbonyl (C=O) groups is 1. The van der Waals surface area contributed by atoms with E-state index in [1.807, 2.05) is 36.0 Å². The number of hydrogen-bond acceptors (Lipinski definition) is 4. The number of imidazole rings is 1. The van der Waals surface area contributed by atoms with Crippen molar-refractivity contribution >= 4 is 5.91 Å². The first-order valence-corrected chi connectivity index (χ1v) is 9.54. The number of rotatable bonds is 6. The Bertz CT molecular complexity index is 751. The van der Waals surface area contributed by atoms with Gasteiger partial charge in [0.05, 0.1) is 6.54 Å². The molecule has 138 valence electrons. The number of pyridine rings is 1. The quantitative estimate of drug-likeness (QED) is 0.862. The molecule has 1 N–H and O–H groups in total. The molecule has 3 heterocycles. The molecule has 0 aromatic carbocycles. The second kappa shape index (κ2) is 7.19. The van der Waals surface area contributed by atoms with Crippen LogP contribution in [0.3, 0.4) is 0 Å². The second-order valence-corrected chi connectivity index (χ2v) is 7.63. The Morgan fingerprint density at radius 3 is 2.85 bits per heavy atom. The van der Waals surface area contributed by atoms with Crippen molar-refractivity contribution in [1.29, 1.82) is 0 Å². The summed E-state index contributed by atoms with van der Waals surface area (Å²) < 4.78 is 2.01. The van der Waals surface area contributed by atoms with Crippen molar-refractivity contribution in [2.45, 2.75) is 44.7 Å². The van der Waals surface area contributed by atoms with Crippen LogP contribution in [0.2, 0.25) is 0 Å². The van der Waals surface area contributed by atoms with Gasteiger partial charge in [0.2, 0.25) is 5.91 Å². The normalized spacial score (nSPS) is 20.9. The monoisotopic (exact) mass is 353 g/mol. The van der Waals surface area contributed by atoms with Gasteiger partial charge >= 0.3 is 0 Å². The molecule has 1 saturated carbocycles. The van der Waals surface area contributed by atoms with Gasteiger partial charge in [-0.1, -0.05) is 6.07 Å². The van der Waals surface area contributed by atoms with Crippen LogP contribution in [-0.4, -0.2) is 44.5 Å². The summed E-state index contributed by atoms with van der Waals surface area (Å²) in [6.07, 6.45) is 10.2. The van der Waals surface area contributed by atoms with E-state index in [9.17, 15) is 4.79 Å². The molecule has 1 unspecified atom stereocenters. The van der Waals surface area contributed by atoms with E-state index in [0.717, 1.165) is 31.0 Å². The van der Waals surface area contributed by atoms with Crippen LogP contribution in [0.15, 0.2) is 36.8 Å². The van der Waals surface area contributed by atoms with Gasteiger partial charge in [-0.2, -0.15) is 0 Å². The van der Waals surface area contributed by atoms with E-state index < -0.39 is 0 Å². The van der Waals surface area contributed by atoms with E-state index in [1.54, 1.807) is 12.4 Å². The van der Waals surface area contributed by atoms with E-state index in [1.165, 1.54) is 12.8 Å². The summed E-state index contributed by atoms with van der Waals surface area (Å²) in [5.41, 5.74) is 1.31. The number of aromatic nitrogens is 3. The van der Waals surface area contributed by atoms with Crippen LogP contribution < -0.4 is 5.32 Å². The first-order valence-electron chi connectivity index (χ1n) is 9.54. The van der Waals surface area contributed by atoms with E-state index in [-0.39, 0.29) is 5.91 Å². The Labute approximate surface area is 154 Å². The van der Waals surface area contributed by atoms with Gasteiger partial charge < -0.3 is 14.8 Å². The van der Waals surface area contributed by atoms with Crippen molar-refractivity contribution in [3.8, 4) is 0 Å². The SMILES string of the molecule is Cn1ccnc1CN(C(=O)CCc1ccccn1)C1CC12CCNCC2. The molecule has 4 rings (SSSR count). The Hall–Kier alpha value is -2.21. The molecule has 1 aliphatic heterocycles. The molecular formula is C20H27N5O. The molecule has 6 heteroatoms. The first-order chi connectivity index (χ1) is 12.7. The van der Waals surface area contributed by atoms with Crippen LogP contribution in [0.4, 0.5) is 0 Å². The average molecular weight is 353 g/mol. The first kappa shape index (κ1) is 17.2. The molecule has 1 amide bonds. The van der Waals surface area contributed by atoms with Crippen LogP contribution in [0, 0.1) is 5.41 Å². The molecule has 2 aromatic heterocycles. The lowest BCUT2D eigenvalue weighted by atomic mass is 9.93. The fraction of sp³-hybridized carbons (Fsp3) is 0.550. The minimum absolute atomic E-state index is 0.221. The maximum absolute atomic E-state index is 13.1. The summed E-state index contributed by atoms with van der Waals surface area (Å²) in [6.45, 7) is 2.73. The summed E-state index contributed by atoms with van der Waals surface area (Å²) in [7, 11) is 1.99. The van der Waals surface area contributed by atoms with E-state index in [4.69, 9.17) is 0 Å². The third-order valence-corrected chi connectivity index (χ3v) is 6.00. The molecule has 2 aliphatic rings. The molecule has 6 nitrogen and oxygen atoms in total. The molecule has 2 aromatic rings. The molecule has 0 bridgehead atoms. The maximum atomic E-state index is 13.1. The lowest BCUT2D eigenvalue weighted by Crippen LogP contribution is -2.39. The highest BCUT2D eigenvalue weighted by molar-refractivity contribution is 5.77. The summed E-state index contributed by atoms with van der Waals surface area (Å²) in [5, 5.41) is 3.44. The number of hydrogen-bond donors (Lipinski definition) is 1. The third-order valence-electron chi connectivity index (χ3n) is 6.00. The zero-order valence-electron chi connectivity index (χ0n) is 15.4. The van der Waals surface area contributed by atoms with Gasteiger partial charge in [0.1, 0.15) is 5.82 Å². The average Bonchev–Trinajstić information content (AvgIpc) is 3.18. The van der Waals surface area contributed by atoms with Crippen molar-refractivity contribution in [1.82, 2.24) is 24.8 Å². The Balaban J connectivity index is 1.47. The summed E-state index contributed by atoms with van der Waals surface area (Å²) in [5.74, 6) is 1.17. The highest BCUT2D eigenvalue weighted by Crippen LogP contribution is 2.56. The smallest absolute Gasteiger partial charge is 0.223 e. The predicted molar refractivity (Wildman–Crippen MR) is 99.3 cm³/mol. The number of aryl methyl sites for hydroxylation is 2. The lowest BCUT2D eigenvalue weighted by Gasteiger charge is -2.29. The standard InChI is InChI=1S/C20H27N5O/c1-24-13-12-23-18(24)15-25(17-14-20(17)7-10-21-11-8-20)19(26)6-5-16-4-2-3-9-22-16/h2-4,9,12-13,17,21H,5-8,10-11,14-15H2,1H3. The predicted octanol–water partition coefficient (Wildman–Crippen LogP) is 1.92. The van der Waals surface area contributed by atoms with Gasteiger partial charge in [-0.05, 0) is 56.3 Å². The largest absolute Gasteiger partial charge is 0.337 e. The fourth-order valence-corrected chi connectivity index (χ4v) is 4.23. The Morgan fingerprint density at radius 2 is 2.15 bits per heavy atom. The molecule has 1 aliphatic carbocycles. The van der Waals surface area contributed by atoms with Crippen LogP contribution in [-0.2, 0) is 24.8 Å². The second-order valence-electron chi connectivity index (χ2n) is 7.63. The van der Waals surface area contributed by atoms with E-state index in [0.29, 0.717) is 30.8 Å². The topological polar surface area (TPSA) is 63.1 Å². The molecular weight excluding hydrogens is 326 g/mol. The van der Waals surface area contributed by atoms with Crippen molar-refractivity contribution in [3.63, 3.8) is 0 Å². The maximum Gasteiger partial charge on any atom is 0.223 e. The van der Waals surface area contributed by atoms with E-state index in [2.05, 4.69) is 20.2 Å². The minimum Gasteiger partial charge on any atom is -0.337 e. The van der Waals surface area contributed by atoms with E-state index >= 15 is 0 Å². The van der Waals surface area contributed by atoms with Crippen LogP contribution in [0.1, 0.15) is 37.2 Å². The van der Waals surface area contributed by atoms with Crippen LogP contribution in [0.25, 0.3) is 0 Å². The number of piperidine rings is 1. The molecule has 0 radical (unpaired) electrons. The molecule has 1 saturated heterocycles. The highest BCUT2D eigenvalue weighted by atomic mass is 16.2. The van der Waals surface area contributed by atoms with Gasteiger partial charge in [0.15, 0.2) is 0 Å². The van der Waals surface area contributed by atoms with Crippen LogP contribution >= 0.6 is 0 Å². The fourth-order valence-electron chi connectivity index (χ4n) is 4.23. The summed E-state index contributed by atoms with van der Waals surface area (Å²) in [4.78, 5) is 24.0. The van der Waals surface area contributed by atoms with Crippen molar-refractivity contribution < 1.29 is 4.79 Å². The lowest BCUT2D eigenvalue weighted by molar-refractivity contribution is -0.133. The number of carbonyl (C=O) groups excluding carboxylic acids is 1. The minimum atomic E-state index is 0.221. The summed E-state index contributed by atoms with van der Waals surface area (Å²) >= 11 is 0. The van der Waals surface area contributed by atoms with Gasteiger partial charge in [-0.25, -0.2) is 4.98 Å². The Kier molecular flexibility index (Phi) is 4.76. The molecule has 1 atom stereocenters. The summed E-state index contributed by atoms with van der Waals surface area (Å²) in [6, 6.07) is 6.23. The van der Waals surface area contributed by atoms with Gasteiger partial charge in [-0.3, -0.25) is 9.78 Å². The van der Waals surface area contributed by atoms with Gasteiger partial charge in [0, 0.05) is 43.8 Å². The van der Waals surface area contributed by atoms with Gasteiger partial charge in [0.25, 0.3) is 0 Å². The zero-order valence-corrected chi connectivity index (χ0v) is 15.4. The molecule has 2 fully saturated rings. The van der Waals surface area contributed by atoms with Crippen molar-refractivity contribution in [2.24, 2.45) is 12.5 Å².